The molecule has 0 aromatic carbocycles. The summed E-state index contributed by atoms with van der Waals surface area (Å²) in [6, 6.07) is 1.84. The van der Waals surface area contributed by atoms with Crippen LogP contribution in [-0.2, 0) is 6.54 Å². The Balaban J connectivity index is 2.39. The zero-order valence-electron chi connectivity index (χ0n) is 7.41. The minimum atomic E-state index is -4.14. The molecule has 80 valence electrons. The normalized spacial score (nSPS) is 12.1. The Morgan fingerprint density at radius 2 is 2.14 bits per heavy atom. The number of nitrogens with one attached hydrogen (secondary N) is 1. The summed E-state index contributed by atoms with van der Waals surface area (Å²) in [5.74, 6) is 0. The Morgan fingerprint density at radius 1 is 1.50 bits per heavy atom. The topological polar surface area (TPSA) is 12.0 Å². The molecule has 14 heavy (non-hydrogen) atoms. The predicted octanol–water partition coefficient (Wildman–Crippen LogP) is 3.47. The van der Waals surface area contributed by atoms with Gasteiger partial charge in [-0.1, -0.05) is 0 Å². The monoisotopic (exact) mass is 287 g/mol. The first-order valence-electron chi connectivity index (χ1n) is 3.91. The molecular weight excluding hydrogens is 279 g/mol. The average molecular weight is 288 g/mol. The summed E-state index contributed by atoms with van der Waals surface area (Å²) < 4.78 is 36.3. The van der Waals surface area contributed by atoms with Gasteiger partial charge < -0.3 is 5.32 Å². The van der Waals surface area contributed by atoms with Gasteiger partial charge in [0.15, 0.2) is 0 Å². The third-order valence-electron chi connectivity index (χ3n) is 1.53. The molecule has 6 heteroatoms. The average Bonchev–Trinajstić information content (AvgIpc) is 2.28. The fraction of sp³-hybridized carbons (Fsp3) is 0.500. The van der Waals surface area contributed by atoms with Crippen molar-refractivity contribution in [1.82, 2.24) is 5.32 Å². The van der Waals surface area contributed by atoms with Crippen LogP contribution >= 0.6 is 27.3 Å². The van der Waals surface area contributed by atoms with Gasteiger partial charge in [-0.05, 0) is 28.9 Å². The standard InChI is InChI=1S/C8H9BrF3NS/c1-5-7(9)2-6(14-5)3-13-4-8(10,11)12/h2,13H,3-4H2,1H3. The second kappa shape index (κ2) is 4.63. The molecule has 1 heterocycles. The maximum absolute atomic E-state index is 11.8. The number of hydrogen-bond donors (Lipinski definition) is 1. The summed E-state index contributed by atoms with van der Waals surface area (Å²) in [7, 11) is 0. The van der Waals surface area contributed by atoms with Crippen molar-refractivity contribution in [3.8, 4) is 0 Å². The minimum Gasteiger partial charge on any atom is -0.304 e. The van der Waals surface area contributed by atoms with Gasteiger partial charge in [0.25, 0.3) is 0 Å². The largest absolute Gasteiger partial charge is 0.401 e. The lowest BCUT2D eigenvalue weighted by molar-refractivity contribution is -0.125. The lowest BCUT2D eigenvalue weighted by atomic mass is 10.4. The van der Waals surface area contributed by atoms with Gasteiger partial charge in [-0.2, -0.15) is 13.2 Å². The van der Waals surface area contributed by atoms with Crippen LogP contribution in [-0.4, -0.2) is 12.7 Å². The van der Waals surface area contributed by atoms with E-state index in [0.29, 0.717) is 0 Å². The van der Waals surface area contributed by atoms with Crippen LogP contribution in [0.1, 0.15) is 9.75 Å². The molecule has 0 aliphatic carbocycles. The highest BCUT2D eigenvalue weighted by molar-refractivity contribution is 9.10. The van der Waals surface area contributed by atoms with Gasteiger partial charge in [-0.3, -0.25) is 0 Å². The number of halogens is 4. The molecule has 1 N–H and O–H groups in total. The van der Waals surface area contributed by atoms with Crippen LogP contribution < -0.4 is 5.32 Å². The molecule has 0 spiro atoms. The number of thiophene rings is 1. The number of hydrogen-bond acceptors (Lipinski definition) is 2. The van der Waals surface area contributed by atoms with Crippen LogP contribution in [0.15, 0.2) is 10.5 Å². The Labute approximate surface area is 92.4 Å². The molecule has 1 aromatic rings. The predicted molar refractivity (Wildman–Crippen MR) is 54.5 cm³/mol. The second-order valence-corrected chi connectivity index (χ2v) is 5.03. The summed E-state index contributed by atoms with van der Waals surface area (Å²) in [6.45, 7) is 1.24. The molecule has 0 bridgehead atoms. The Kier molecular flexibility index (Phi) is 3.97. The van der Waals surface area contributed by atoms with E-state index in [1.165, 1.54) is 11.3 Å². The van der Waals surface area contributed by atoms with Crippen LogP contribution in [0.3, 0.4) is 0 Å². The van der Waals surface area contributed by atoms with E-state index in [-0.39, 0.29) is 6.54 Å². The van der Waals surface area contributed by atoms with Crippen molar-refractivity contribution in [3.05, 3.63) is 20.3 Å². The number of alkyl halides is 3. The summed E-state index contributed by atoms with van der Waals surface area (Å²) >= 11 is 4.80. The second-order valence-electron chi connectivity index (χ2n) is 2.84. The highest BCUT2D eigenvalue weighted by Gasteiger charge is 2.26. The maximum atomic E-state index is 11.8. The van der Waals surface area contributed by atoms with Gasteiger partial charge in [0.2, 0.25) is 0 Å². The smallest absolute Gasteiger partial charge is 0.304 e. The summed E-state index contributed by atoms with van der Waals surface area (Å²) in [5, 5.41) is 2.35. The van der Waals surface area contributed by atoms with Crippen LogP contribution in [0, 0.1) is 6.92 Å². The molecule has 1 aromatic heterocycles. The maximum Gasteiger partial charge on any atom is 0.401 e. The highest BCUT2D eigenvalue weighted by atomic mass is 79.9. The third kappa shape index (κ3) is 3.98. The van der Waals surface area contributed by atoms with Crippen LogP contribution in [0.2, 0.25) is 0 Å². The molecule has 0 saturated carbocycles. The van der Waals surface area contributed by atoms with Gasteiger partial charge in [0.1, 0.15) is 0 Å². The van der Waals surface area contributed by atoms with E-state index in [1.807, 2.05) is 13.0 Å². The van der Waals surface area contributed by atoms with Gasteiger partial charge in [-0.15, -0.1) is 11.3 Å². The van der Waals surface area contributed by atoms with Crippen LogP contribution in [0.25, 0.3) is 0 Å². The van der Waals surface area contributed by atoms with Gasteiger partial charge in [0, 0.05) is 20.8 Å². The van der Waals surface area contributed by atoms with Gasteiger partial charge in [-0.25, -0.2) is 0 Å². The van der Waals surface area contributed by atoms with Crippen molar-refractivity contribution in [2.45, 2.75) is 19.6 Å². The Morgan fingerprint density at radius 3 is 2.57 bits per heavy atom. The van der Waals surface area contributed by atoms with Crippen LogP contribution in [0.5, 0.6) is 0 Å². The molecule has 1 nitrogen and oxygen atoms in total. The quantitative estimate of drug-likeness (QED) is 0.898. The first kappa shape index (κ1) is 12.0. The minimum absolute atomic E-state index is 0.261. The molecule has 0 atom stereocenters. The van der Waals surface area contributed by atoms with E-state index in [1.54, 1.807) is 0 Å². The fourth-order valence-corrected chi connectivity index (χ4v) is 2.50. The zero-order valence-corrected chi connectivity index (χ0v) is 9.81. The molecule has 0 aliphatic rings. The van der Waals surface area contributed by atoms with E-state index in [0.717, 1.165) is 14.2 Å². The molecule has 0 fully saturated rings. The van der Waals surface area contributed by atoms with E-state index in [4.69, 9.17) is 0 Å². The van der Waals surface area contributed by atoms with Crippen molar-refractivity contribution < 1.29 is 13.2 Å². The van der Waals surface area contributed by atoms with Crippen molar-refractivity contribution >= 4 is 27.3 Å². The van der Waals surface area contributed by atoms with Gasteiger partial charge >= 0.3 is 6.18 Å². The molecule has 0 unspecified atom stereocenters. The van der Waals surface area contributed by atoms with Crippen molar-refractivity contribution in [3.63, 3.8) is 0 Å². The molecule has 0 radical (unpaired) electrons. The van der Waals surface area contributed by atoms with Gasteiger partial charge in [0.05, 0.1) is 6.54 Å². The van der Waals surface area contributed by atoms with Crippen molar-refractivity contribution in [1.29, 1.82) is 0 Å². The van der Waals surface area contributed by atoms with E-state index in [2.05, 4.69) is 21.2 Å². The number of aryl methyl sites for hydroxylation is 1. The summed E-state index contributed by atoms with van der Waals surface area (Å²) in [4.78, 5) is 1.98. The lowest BCUT2D eigenvalue weighted by Crippen LogP contribution is -2.27. The van der Waals surface area contributed by atoms with E-state index >= 15 is 0 Å². The van der Waals surface area contributed by atoms with Crippen molar-refractivity contribution in [2.75, 3.05) is 6.54 Å². The lowest BCUT2D eigenvalue weighted by Gasteiger charge is -2.06. The van der Waals surface area contributed by atoms with E-state index in [9.17, 15) is 13.2 Å². The third-order valence-corrected chi connectivity index (χ3v) is 3.67. The van der Waals surface area contributed by atoms with Crippen LogP contribution in [0.4, 0.5) is 13.2 Å². The number of rotatable bonds is 3. The first-order valence-corrected chi connectivity index (χ1v) is 5.52. The zero-order chi connectivity index (χ0) is 10.8. The summed E-state index contributed by atoms with van der Waals surface area (Å²) in [6.07, 6.45) is -4.14. The Bertz CT molecular complexity index is 289. The molecule has 0 aliphatic heterocycles. The summed E-state index contributed by atoms with van der Waals surface area (Å²) in [5.41, 5.74) is 0. The highest BCUT2D eigenvalue weighted by Crippen LogP contribution is 2.26. The molecule has 0 saturated heterocycles. The Hall–Kier alpha value is -0.0700. The van der Waals surface area contributed by atoms with Crippen molar-refractivity contribution in [2.24, 2.45) is 0 Å². The first-order chi connectivity index (χ1) is 6.38. The SMILES string of the molecule is Cc1sc(CNCC(F)(F)F)cc1Br. The molecular formula is C8H9BrF3NS. The van der Waals surface area contributed by atoms with E-state index < -0.39 is 12.7 Å². The fourth-order valence-electron chi connectivity index (χ4n) is 0.932. The molecule has 1 rings (SSSR count). The molecule has 0 amide bonds.